The minimum Gasteiger partial charge on any atom is -0.465 e. The Balaban J connectivity index is 1.93. The number of rotatable bonds is 4. The van der Waals surface area contributed by atoms with E-state index < -0.39 is 0 Å². The summed E-state index contributed by atoms with van der Waals surface area (Å²) in [7, 11) is 0. The van der Waals surface area contributed by atoms with Gasteiger partial charge in [0.2, 0.25) is 0 Å². The largest absolute Gasteiger partial charge is 0.465 e. The number of amidine groups is 1. The fourth-order valence-electron chi connectivity index (χ4n) is 4.04. The van der Waals surface area contributed by atoms with Crippen LogP contribution in [-0.2, 0) is 16.7 Å². The van der Waals surface area contributed by atoms with Gasteiger partial charge in [-0.15, -0.1) is 0 Å². The summed E-state index contributed by atoms with van der Waals surface area (Å²) in [5, 5.41) is 0. The van der Waals surface area contributed by atoms with Gasteiger partial charge in [0.05, 0.1) is 12.3 Å². The zero-order valence-electron chi connectivity index (χ0n) is 15.5. The maximum absolute atomic E-state index is 6.93. The van der Waals surface area contributed by atoms with E-state index in [4.69, 9.17) is 16.2 Å². The van der Waals surface area contributed by atoms with E-state index in [0.29, 0.717) is 12.5 Å². The molecule has 3 rings (SSSR count). The van der Waals surface area contributed by atoms with Crippen LogP contribution in [-0.4, -0.2) is 12.6 Å². The lowest BCUT2D eigenvalue weighted by atomic mass is 9.82. The fourth-order valence-corrected chi connectivity index (χ4v) is 4.04. The minimum atomic E-state index is -0.351. The van der Waals surface area contributed by atoms with Crippen LogP contribution in [0.25, 0.3) is 0 Å². The van der Waals surface area contributed by atoms with Crippen molar-refractivity contribution < 1.29 is 4.74 Å². The van der Waals surface area contributed by atoms with Crippen LogP contribution < -0.4 is 11.5 Å². The van der Waals surface area contributed by atoms with Crippen molar-refractivity contribution in [2.24, 2.45) is 22.4 Å². The molecule has 0 spiro atoms. The number of hydrogen-bond acceptors (Lipinski definition) is 3. The predicted octanol–water partition coefficient (Wildman–Crippen LogP) is 4.07. The molecule has 2 atom stereocenters. The molecule has 0 aliphatic heterocycles. The molecule has 2 unspecified atom stereocenters. The molecule has 0 bridgehead atoms. The number of aryl methyl sites for hydroxylation is 1. The zero-order chi connectivity index (χ0) is 18.0. The quantitative estimate of drug-likeness (QED) is 0.641. The third-order valence-corrected chi connectivity index (χ3v) is 5.23. The van der Waals surface area contributed by atoms with E-state index in [2.05, 4.69) is 43.1 Å². The molecule has 0 aromatic heterocycles. The van der Waals surface area contributed by atoms with E-state index in [0.717, 1.165) is 31.4 Å². The topological polar surface area (TPSA) is 73.6 Å². The molecule has 0 radical (unpaired) electrons. The highest BCUT2D eigenvalue weighted by Gasteiger charge is 2.38. The summed E-state index contributed by atoms with van der Waals surface area (Å²) in [4.78, 5) is 4.38. The van der Waals surface area contributed by atoms with E-state index in [1.807, 2.05) is 13.0 Å². The van der Waals surface area contributed by atoms with E-state index in [1.54, 1.807) is 0 Å². The highest BCUT2D eigenvalue weighted by molar-refractivity contribution is 5.75. The van der Waals surface area contributed by atoms with Crippen LogP contribution in [0.1, 0.15) is 51.2 Å². The van der Waals surface area contributed by atoms with Crippen LogP contribution in [0, 0.1) is 5.92 Å². The molecule has 0 saturated carbocycles. The average molecular weight is 339 g/mol. The Morgan fingerprint density at radius 2 is 2.12 bits per heavy atom. The van der Waals surface area contributed by atoms with Crippen LogP contribution in [0.5, 0.6) is 0 Å². The first-order chi connectivity index (χ1) is 11.9. The normalized spacial score (nSPS) is 26.1. The van der Waals surface area contributed by atoms with Crippen molar-refractivity contribution in [3.05, 3.63) is 52.6 Å². The molecule has 4 N–H and O–H groups in total. The smallest absolute Gasteiger partial charge is 0.287 e. The number of nitrogens with two attached hydrogens (primary N) is 2. The first kappa shape index (κ1) is 17.7. The molecule has 2 aliphatic carbocycles. The second-order valence-electron chi connectivity index (χ2n) is 7.26. The van der Waals surface area contributed by atoms with Gasteiger partial charge in [-0.1, -0.05) is 37.6 Å². The van der Waals surface area contributed by atoms with Crippen molar-refractivity contribution in [3.8, 4) is 0 Å². The van der Waals surface area contributed by atoms with Gasteiger partial charge in [-0.3, -0.25) is 0 Å². The number of nitrogens with zero attached hydrogens (tertiary/aromatic N) is 1. The third kappa shape index (κ3) is 3.64. The highest BCUT2D eigenvalue weighted by atomic mass is 16.5. The first-order valence-corrected chi connectivity index (χ1v) is 9.23. The molecule has 25 heavy (non-hydrogen) atoms. The predicted molar refractivity (Wildman–Crippen MR) is 104 cm³/mol. The monoisotopic (exact) mass is 339 g/mol. The molecule has 0 saturated heterocycles. The van der Waals surface area contributed by atoms with Crippen LogP contribution >= 0.6 is 0 Å². The van der Waals surface area contributed by atoms with Gasteiger partial charge in [-0.2, -0.15) is 4.99 Å². The summed E-state index contributed by atoms with van der Waals surface area (Å²) in [6, 6.07) is 6.40. The number of aliphatic imine (C=N–C) groups is 1. The van der Waals surface area contributed by atoms with Crippen LogP contribution in [0.2, 0.25) is 0 Å². The molecular weight excluding hydrogens is 310 g/mol. The van der Waals surface area contributed by atoms with Gasteiger partial charge in [0, 0.05) is 5.54 Å². The second kappa shape index (κ2) is 7.04. The summed E-state index contributed by atoms with van der Waals surface area (Å²) in [5.41, 5.74) is 18.6. The van der Waals surface area contributed by atoms with E-state index in [9.17, 15) is 0 Å². The van der Waals surface area contributed by atoms with Gasteiger partial charge in [0.15, 0.2) is 0 Å². The highest BCUT2D eigenvalue weighted by Crippen LogP contribution is 2.46. The molecule has 4 heteroatoms. The number of benzene rings is 1. The van der Waals surface area contributed by atoms with E-state index >= 15 is 0 Å². The lowest BCUT2D eigenvalue weighted by molar-refractivity contribution is 0.322. The van der Waals surface area contributed by atoms with Crippen LogP contribution in [0.15, 0.2) is 46.5 Å². The zero-order valence-corrected chi connectivity index (χ0v) is 15.5. The van der Waals surface area contributed by atoms with Crippen molar-refractivity contribution >= 4 is 11.7 Å². The maximum atomic E-state index is 6.93. The summed E-state index contributed by atoms with van der Waals surface area (Å²) in [5.74, 6) is 0.605. The van der Waals surface area contributed by atoms with Gasteiger partial charge >= 0.3 is 0 Å². The van der Waals surface area contributed by atoms with Gasteiger partial charge < -0.3 is 16.2 Å². The summed E-state index contributed by atoms with van der Waals surface area (Å²) in [6.45, 7) is 6.84. The van der Waals surface area contributed by atoms with E-state index in [1.165, 1.54) is 22.3 Å². The minimum absolute atomic E-state index is 0.198. The molecular formula is C21H29N3O. The lowest BCUT2D eigenvalue weighted by Gasteiger charge is -2.28. The van der Waals surface area contributed by atoms with Gasteiger partial charge in [-0.05, 0) is 67.4 Å². The van der Waals surface area contributed by atoms with Crippen molar-refractivity contribution in [2.75, 3.05) is 6.61 Å². The number of allylic oxidation sites excluding steroid dienone is 2. The van der Waals surface area contributed by atoms with Crippen molar-refractivity contribution in [1.29, 1.82) is 0 Å². The molecule has 134 valence electrons. The Morgan fingerprint density at radius 3 is 2.84 bits per heavy atom. The molecule has 1 aromatic rings. The van der Waals surface area contributed by atoms with E-state index in [-0.39, 0.29) is 11.6 Å². The summed E-state index contributed by atoms with van der Waals surface area (Å²) >= 11 is 0. The number of ether oxygens (including phenoxy) is 1. The van der Waals surface area contributed by atoms with Gasteiger partial charge in [0.1, 0.15) is 0 Å². The summed E-state index contributed by atoms with van der Waals surface area (Å²) < 4.78 is 5.26. The molecule has 4 nitrogen and oxygen atoms in total. The Kier molecular flexibility index (Phi) is 5.00. The Hall–Kier alpha value is -2.07. The van der Waals surface area contributed by atoms with Crippen LogP contribution in [0.4, 0.5) is 5.69 Å². The Bertz CT molecular complexity index is 748. The SMILES string of the molecule is CCOC(N)=Nc1ccc(CC)c(C2(N)CC3=C(CC(C)C=C3)C2)c1. The van der Waals surface area contributed by atoms with Crippen LogP contribution in [0.3, 0.4) is 0 Å². The standard InChI is InChI=1S/C21H29N3O/c1-4-15-8-9-18(24-20(22)25-5-2)11-19(15)21(23)12-16-7-6-14(3)10-17(16)13-21/h6-9,11,14H,4-5,10,12-13,23H2,1-3H3,(H2,22,24). The van der Waals surface area contributed by atoms with Crippen molar-refractivity contribution in [2.45, 2.75) is 52.0 Å². The van der Waals surface area contributed by atoms with Gasteiger partial charge in [-0.25, -0.2) is 0 Å². The molecule has 2 aliphatic rings. The second-order valence-corrected chi connectivity index (χ2v) is 7.26. The Morgan fingerprint density at radius 1 is 1.32 bits per heavy atom. The molecule has 0 heterocycles. The Labute approximate surface area is 150 Å². The van der Waals surface area contributed by atoms with Gasteiger partial charge in [0.25, 0.3) is 6.02 Å². The lowest BCUT2D eigenvalue weighted by Crippen LogP contribution is -2.35. The summed E-state index contributed by atoms with van der Waals surface area (Å²) in [6.07, 6.45) is 8.48. The van der Waals surface area contributed by atoms with Crippen molar-refractivity contribution in [3.63, 3.8) is 0 Å². The average Bonchev–Trinajstić information content (AvgIpc) is 2.91. The number of hydrogen-bond donors (Lipinski definition) is 2. The van der Waals surface area contributed by atoms with Crippen molar-refractivity contribution in [1.82, 2.24) is 0 Å². The molecule has 0 fully saturated rings. The maximum Gasteiger partial charge on any atom is 0.287 e. The first-order valence-electron chi connectivity index (χ1n) is 9.23. The molecule has 0 amide bonds. The fraction of sp³-hybridized carbons (Fsp3) is 0.476. The molecule has 1 aromatic carbocycles. The third-order valence-electron chi connectivity index (χ3n) is 5.23.